The third kappa shape index (κ3) is 2.25. The summed E-state index contributed by atoms with van der Waals surface area (Å²) in [6.45, 7) is 1.94. The van der Waals surface area contributed by atoms with Crippen LogP contribution < -0.4 is 0 Å². The Balaban J connectivity index is 2.10. The molecule has 0 unspecified atom stereocenters. The second kappa shape index (κ2) is 5.17. The molecule has 0 aliphatic heterocycles. The predicted molar refractivity (Wildman–Crippen MR) is 84.1 cm³/mol. The summed E-state index contributed by atoms with van der Waals surface area (Å²) in [4.78, 5) is 16.9. The van der Waals surface area contributed by atoms with Crippen molar-refractivity contribution < 1.29 is 4.79 Å². The first-order valence-electron chi connectivity index (χ1n) is 6.31. The number of halogens is 1. The molecule has 3 aromatic rings. The van der Waals surface area contributed by atoms with Crippen molar-refractivity contribution >= 4 is 32.6 Å². The van der Waals surface area contributed by atoms with Crippen molar-refractivity contribution in [2.24, 2.45) is 0 Å². The van der Waals surface area contributed by atoms with Crippen molar-refractivity contribution in [3.63, 3.8) is 0 Å². The van der Waals surface area contributed by atoms with Gasteiger partial charge in [0, 0.05) is 27.2 Å². The zero-order valence-electron chi connectivity index (χ0n) is 10.9. The molecule has 0 amide bonds. The molecule has 0 fully saturated rings. The van der Waals surface area contributed by atoms with E-state index < -0.39 is 0 Å². The van der Waals surface area contributed by atoms with Crippen LogP contribution in [0.15, 0.2) is 59.2 Å². The Morgan fingerprint density at radius 1 is 1.10 bits per heavy atom. The average Bonchev–Trinajstić information content (AvgIpc) is 2.49. The first-order chi connectivity index (χ1) is 9.66. The highest BCUT2D eigenvalue weighted by Crippen LogP contribution is 2.23. The first-order valence-corrected chi connectivity index (χ1v) is 7.11. The number of carbonyl (C=O) groups is 1. The molecule has 3 rings (SSSR count). The van der Waals surface area contributed by atoms with Crippen molar-refractivity contribution in [3.8, 4) is 0 Å². The number of hydrogen-bond acceptors (Lipinski definition) is 2. The fourth-order valence-electron chi connectivity index (χ4n) is 2.23. The van der Waals surface area contributed by atoms with Crippen LogP contribution in [0.5, 0.6) is 0 Å². The zero-order chi connectivity index (χ0) is 14.1. The Morgan fingerprint density at radius 2 is 1.95 bits per heavy atom. The fourth-order valence-corrected chi connectivity index (χ4v) is 2.59. The van der Waals surface area contributed by atoms with Crippen molar-refractivity contribution in [1.29, 1.82) is 0 Å². The number of ketones is 1. The molecule has 2 aromatic carbocycles. The molecule has 1 heterocycles. The van der Waals surface area contributed by atoms with Crippen LogP contribution in [0.3, 0.4) is 0 Å². The van der Waals surface area contributed by atoms with Gasteiger partial charge in [0.25, 0.3) is 0 Å². The minimum Gasteiger partial charge on any atom is -0.289 e. The maximum Gasteiger partial charge on any atom is 0.193 e. The summed E-state index contributed by atoms with van der Waals surface area (Å²) in [6.07, 6.45) is 1.75. The molecule has 0 spiro atoms. The lowest BCUT2D eigenvalue weighted by Crippen LogP contribution is -2.04. The van der Waals surface area contributed by atoms with Crippen molar-refractivity contribution in [1.82, 2.24) is 4.98 Å². The second-order valence-electron chi connectivity index (χ2n) is 4.65. The van der Waals surface area contributed by atoms with E-state index >= 15 is 0 Å². The number of carbonyl (C=O) groups excluding carboxylic acids is 1. The number of pyridine rings is 1. The largest absolute Gasteiger partial charge is 0.289 e. The molecule has 20 heavy (non-hydrogen) atoms. The topological polar surface area (TPSA) is 30.0 Å². The van der Waals surface area contributed by atoms with Crippen molar-refractivity contribution in [2.45, 2.75) is 6.92 Å². The van der Waals surface area contributed by atoms with Crippen LogP contribution in [0.25, 0.3) is 10.9 Å². The van der Waals surface area contributed by atoms with E-state index in [0.717, 1.165) is 26.5 Å². The maximum atomic E-state index is 12.6. The molecule has 0 N–H and O–H groups in total. The molecule has 0 radical (unpaired) electrons. The standard InChI is InChI=1S/C17H12BrNO/c1-11-14(5-2-6-15(11)18)17(20)13-7-8-16-12(10-13)4-3-9-19-16/h2-10H,1H3. The third-order valence-corrected chi connectivity index (χ3v) is 4.24. The summed E-state index contributed by atoms with van der Waals surface area (Å²) >= 11 is 3.46. The van der Waals surface area contributed by atoms with Crippen LogP contribution in [-0.2, 0) is 0 Å². The molecule has 1 aromatic heterocycles. The molecule has 0 saturated carbocycles. The summed E-state index contributed by atoms with van der Waals surface area (Å²) in [6, 6.07) is 15.1. The predicted octanol–water partition coefficient (Wildman–Crippen LogP) is 4.54. The number of hydrogen-bond donors (Lipinski definition) is 0. The smallest absolute Gasteiger partial charge is 0.193 e. The maximum absolute atomic E-state index is 12.6. The van der Waals surface area contributed by atoms with Crippen molar-refractivity contribution in [3.05, 3.63) is 75.9 Å². The SMILES string of the molecule is Cc1c(Br)cccc1C(=O)c1ccc2ncccc2c1. The van der Waals surface area contributed by atoms with Gasteiger partial charge < -0.3 is 0 Å². The third-order valence-electron chi connectivity index (χ3n) is 3.38. The van der Waals surface area contributed by atoms with Gasteiger partial charge in [-0.1, -0.05) is 34.1 Å². The van der Waals surface area contributed by atoms with Gasteiger partial charge in [-0.05, 0) is 42.8 Å². The average molecular weight is 326 g/mol. The Labute approximate surface area is 125 Å². The number of benzene rings is 2. The fraction of sp³-hybridized carbons (Fsp3) is 0.0588. The molecule has 98 valence electrons. The number of nitrogens with zero attached hydrogens (tertiary/aromatic N) is 1. The van der Waals surface area contributed by atoms with Gasteiger partial charge in [-0.15, -0.1) is 0 Å². The monoisotopic (exact) mass is 325 g/mol. The summed E-state index contributed by atoms with van der Waals surface area (Å²) < 4.78 is 0.950. The molecule has 0 aliphatic carbocycles. The van der Waals surface area contributed by atoms with E-state index in [0.29, 0.717) is 5.56 Å². The van der Waals surface area contributed by atoms with Gasteiger partial charge in [0.15, 0.2) is 5.78 Å². The van der Waals surface area contributed by atoms with Crippen LogP contribution in [0, 0.1) is 6.92 Å². The lowest BCUT2D eigenvalue weighted by molar-refractivity contribution is 0.103. The van der Waals surface area contributed by atoms with Crippen LogP contribution in [0.2, 0.25) is 0 Å². The lowest BCUT2D eigenvalue weighted by Gasteiger charge is -2.07. The van der Waals surface area contributed by atoms with Crippen LogP contribution in [0.1, 0.15) is 21.5 Å². The summed E-state index contributed by atoms with van der Waals surface area (Å²) in [5.41, 5.74) is 3.27. The normalized spacial score (nSPS) is 10.7. The van der Waals surface area contributed by atoms with Crippen LogP contribution in [-0.4, -0.2) is 10.8 Å². The highest BCUT2D eigenvalue weighted by atomic mass is 79.9. The number of fused-ring (bicyclic) bond motifs is 1. The van der Waals surface area contributed by atoms with E-state index in [1.807, 2.05) is 55.5 Å². The minimum atomic E-state index is 0.0366. The van der Waals surface area contributed by atoms with Gasteiger partial charge >= 0.3 is 0 Å². The van der Waals surface area contributed by atoms with Gasteiger partial charge in [-0.25, -0.2) is 0 Å². The van der Waals surface area contributed by atoms with Gasteiger partial charge in [-0.2, -0.15) is 0 Å². The van der Waals surface area contributed by atoms with E-state index in [1.54, 1.807) is 6.20 Å². The van der Waals surface area contributed by atoms with Gasteiger partial charge in [0.05, 0.1) is 5.52 Å². The molecular weight excluding hydrogens is 314 g/mol. The van der Waals surface area contributed by atoms with Crippen LogP contribution >= 0.6 is 15.9 Å². The molecule has 0 aliphatic rings. The van der Waals surface area contributed by atoms with Gasteiger partial charge in [0.2, 0.25) is 0 Å². The molecule has 0 atom stereocenters. The van der Waals surface area contributed by atoms with Gasteiger partial charge in [-0.3, -0.25) is 9.78 Å². The lowest BCUT2D eigenvalue weighted by atomic mass is 9.98. The number of aromatic nitrogens is 1. The van der Waals surface area contributed by atoms with Crippen molar-refractivity contribution in [2.75, 3.05) is 0 Å². The Kier molecular flexibility index (Phi) is 3.36. The van der Waals surface area contributed by atoms with Crippen LogP contribution in [0.4, 0.5) is 0 Å². The van der Waals surface area contributed by atoms with E-state index in [2.05, 4.69) is 20.9 Å². The summed E-state index contributed by atoms with van der Waals surface area (Å²) in [7, 11) is 0. The summed E-state index contributed by atoms with van der Waals surface area (Å²) in [5.74, 6) is 0.0366. The Hall–Kier alpha value is -2.00. The molecule has 2 nitrogen and oxygen atoms in total. The Morgan fingerprint density at radius 3 is 2.80 bits per heavy atom. The highest BCUT2D eigenvalue weighted by molar-refractivity contribution is 9.10. The number of rotatable bonds is 2. The molecule has 0 saturated heterocycles. The molecule has 3 heteroatoms. The van der Waals surface area contributed by atoms with E-state index in [-0.39, 0.29) is 5.78 Å². The van der Waals surface area contributed by atoms with E-state index in [9.17, 15) is 4.79 Å². The molecule has 0 bridgehead atoms. The Bertz CT molecular complexity index is 811. The molecular formula is C17H12BrNO. The quantitative estimate of drug-likeness (QED) is 0.647. The summed E-state index contributed by atoms with van der Waals surface area (Å²) in [5, 5.41) is 0.978. The van der Waals surface area contributed by atoms with E-state index in [4.69, 9.17) is 0 Å². The first kappa shape index (κ1) is 13.0. The highest BCUT2D eigenvalue weighted by Gasteiger charge is 2.13. The van der Waals surface area contributed by atoms with Gasteiger partial charge in [0.1, 0.15) is 0 Å². The van der Waals surface area contributed by atoms with E-state index in [1.165, 1.54) is 0 Å². The minimum absolute atomic E-state index is 0.0366. The second-order valence-corrected chi connectivity index (χ2v) is 5.51. The zero-order valence-corrected chi connectivity index (χ0v) is 12.5.